The Morgan fingerprint density at radius 1 is 1.08 bits per heavy atom. The molecule has 0 aromatic heterocycles. The molecule has 2 rings (SSSR count). The summed E-state index contributed by atoms with van der Waals surface area (Å²) in [5.41, 5.74) is -0.744. The third kappa shape index (κ3) is 5.30. The molecule has 0 heterocycles. The lowest BCUT2D eigenvalue weighted by molar-refractivity contribution is -0.137. The maximum Gasteiger partial charge on any atom is 0.416 e. The molecule has 0 spiro atoms. The van der Waals surface area contributed by atoms with E-state index in [0.29, 0.717) is 11.6 Å². The van der Waals surface area contributed by atoms with Gasteiger partial charge in [0.2, 0.25) is 0 Å². The van der Waals surface area contributed by atoms with Crippen molar-refractivity contribution in [1.82, 2.24) is 4.90 Å². The van der Waals surface area contributed by atoms with Gasteiger partial charge in [0.25, 0.3) is 5.91 Å². The van der Waals surface area contributed by atoms with Gasteiger partial charge in [0.15, 0.2) is 6.61 Å². The number of carbonyl (C=O) groups is 2. The molecule has 0 atom stereocenters. The molecule has 0 radical (unpaired) electrons. The lowest BCUT2D eigenvalue weighted by Crippen LogP contribution is -2.30. The van der Waals surface area contributed by atoms with E-state index in [1.807, 2.05) is 0 Å². The molecule has 0 aliphatic heterocycles. The highest BCUT2D eigenvalue weighted by atomic mass is 19.4. The maximum atomic E-state index is 13.1. The second-order valence-electron chi connectivity index (χ2n) is 5.53. The van der Waals surface area contributed by atoms with Crippen LogP contribution >= 0.6 is 0 Å². The van der Waals surface area contributed by atoms with E-state index in [0.717, 1.165) is 12.1 Å². The molecular formula is C18H15F4NO3. The van der Waals surface area contributed by atoms with Crippen molar-refractivity contribution in [2.24, 2.45) is 0 Å². The Balaban J connectivity index is 1.93. The number of ether oxygens (including phenoxy) is 1. The number of likely N-dealkylation sites (N-methyl/N-ethyl adjacent to an activating group) is 1. The number of nitrogens with zero attached hydrogens (tertiary/aromatic N) is 1. The van der Waals surface area contributed by atoms with Crippen molar-refractivity contribution in [3.05, 3.63) is 71.0 Å². The van der Waals surface area contributed by atoms with Gasteiger partial charge in [-0.1, -0.05) is 18.2 Å². The number of benzene rings is 2. The third-order valence-electron chi connectivity index (χ3n) is 3.49. The molecular weight excluding hydrogens is 354 g/mol. The minimum absolute atomic E-state index is 0.0949. The Hall–Kier alpha value is -2.90. The maximum absolute atomic E-state index is 13.1. The van der Waals surface area contributed by atoms with Gasteiger partial charge in [-0.15, -0.1) is 0 Å². The van der Waals surface area contributed by atoms with Crippen molar-refractivity contribution in [2.45, 2.75) is 12.7 Å². The topological polar surface area (TPSA) is 46.6 Å². The quantitative estimate of drug-likeness (QED) is 0.597. The fourth-order valence-corrected chi connectivity index (χ4v) is 2.14. The SMILES string of the molecule is CN(Cc1cccc(F)c1)C(=O)COC(=O)c1cccc(C(F)(F)F)c1. The lowest BCUT2D eigenvalue weighted by Gasteiger charge is -2.17. The van der Waals surface area contributed by atoms with E-state index < -0.39 is 36.0 Å². The summed E-state index contributed by atoms with van der Waals surface area (Å²) in [6.45, 7) is -0.543. The van der Waals surface area contributed by atoms with Crippen LogP contribution in [-0.2, 0) is 22.3 Å². The second kappa shape index (κ2) is 7.99. The van der Waals surface area contributed by atoms with Gasteiger partial charge in [-0.25, -0.2) is 9.18 Å². The third-order valence-corrected chi connectivity index (χ3v) is 3.49. The molecule has 26 heavy (non-hydrogen) atoms. The molecule has 138 valence electrons. The summed E-state index contributed by atoms with van der Waals surface area (Å²) in [4.78, 5) is 25.0. The van der Waals surface area contributed by atoms with Gasteiger partial charge < -0.3 is 9.64 Å². The van der Waals surface area contributed by atoms with E-state index in [1.54, 1.807) is 6.07 Å². The van der Waals surface area contributed by atoms with Crippen molar-refractivity contribution in [1.29, 1.82) is 0 Å². The molecule has 0 aliphatic rings. The zero-order valence-corrected chi connectivity index (χ0v) is 13.7. The summed E-state index contributed by atoms with van der Waals surface area (Å²) >= 11 is 0. The molecule has 0 N–H and O–H groups in total. The summed E-state index contributed by atoms with van der Waals surface area (Å²) in [5, 5.41) is 0. The van der Waals surface area contributed by atoms with Crippen LogP contribution in [-0.4, -0.2) is 30.4 Å². The Labute approximate surface area is 147 Å². The molecule has 0 fully saturated rings. The standard InChI is InChI=1S/C18H15F4NO3/c1-23(10-12-4-2-7-15(19)8-12)16(24)11-26-17(25)13-5-3-6-14(9-13)18(20,21)22/h2-9H,10-11H2,1H3. The molecule has 0 bridgehead atoms. The normalized spacial score (nSPS) is 11.1. The molecule has 0 aliphatic carbocycles. The van der Waals surface area contributed by atoms with Crippen LogP contribution in [0.5, 0.6) is 0 Å². The van der Waals surface area contributed by atoms with Crippen molar-refractivity contribution >= 4 is 11.9 Å². The average molecular weight is 369 g/mol. The van der Waals surface area contributed by atoms with Crippen molar-refractivity contribution in [3.8, 4) is 0 Å². The number of esters is 1. The summed E-state index contributed by atoms with van der Waals surface area (Å²) in [5.74, 6) is -2.06. The predicted molar refractivity (Wildman–Crippen MR) is 84.6 cm³/mol. The van der Waals surface area contributed by atoms with Crippen LogP contribution in [0.1, 0.15) is 21.5 Å². The van der Waals surface area contributed by atoms with Crippen molar-refractivity contribution < 1.29 is 31.9 Å². The number of amides is 1. The number of halogens is 4. The first-order valence-corrected chi connectivity index (χ1v) is 7.49. The Morgan fingerprint density at radius 2 is 1.77 bits per heavy atom. The molecule has 0 saturated carbocycles. The van der Waals surface area contributed by atoms with Gasteiger partial charge in [-0.2, -0.15) is 13.2 Å². The van der Waals surface area contributed by atoms with Crippen LogP contribution in [0.25, 0.3) is 0 Å². The van der Waals surface area contributed by atoms with Crippen molar-refractivity contribution in [2.75, 3.05) is 13.7 Å². The highest BCUT2D eigenvalue weighted by molar-refractivity contribution is 5.91. The second-order valence-corrected chi connectivity index (χ2v) is 5.53. The lowest BCUT2D eigenvalue weighted by atomic mass is 10.1. The van der Waals surface area contributed by atoms with Gasteiger partial charge in [0, 0.05) is 13.6 Å². The molecule has 8 heteroatoms. The van der Waals surface area contributed by atoms with Gasteiger partial charge in [-0.05, 0) is 35.9 Å². The summed E-state index contributed by atoms with van der Waals surface area (Å²) in [6, 6.07) is 9.38. The first kappa shape index (κ1) is 19.4. The van der Waals surface area contributed by atoms with E-state index in [2.05, 4.69) is 0 Å². The van der Waals surface area contributed by atoms with Crippen LogP contribution in [0, 0.1) is 5.82 Å². The zero-order chi connectivity index (χ0) is 19.3. The summed E-state index contributed by atoms with van der Waals surface area (Å²) in [6.07, 6.45) is -4.59. The van der Waals surface area contributed by atoms with Crippen molar-refractivity contribution in [3.63, 3.8) is 0 Å². The summed E-state index contributed by atoms with van der Waals surface area (Å²) < 4.78 is 55.8. The molecule has 0 saturated heterocycles. The van der Waals surface area contributed by atoms with Gasteiger partial charge >= 0.3 is 12.1 Å². The Kier molecular flexibility index (Phi) is 5.97. The van der Waals surface area contributed by atoms with E-state index in [9.17, 15) is 27.2 Å². The van der Waals surface area contributed by atoms with Crippen LogP contribution in [0.3, 0.4) is 0 Å². The fourth-order valence-electron chi connectivity index (χ4n) is 2.14. The zero-order valence-electron chi connectivity index (χ0n) is 13.7. The fraction of sp³-hybridized carbons (Fsp3) is 0.222. The molecule has 2 aromatic rings. The first-order chi connectivity index (χ1) is 12.2. The Bertz CT molecular complexity index is 805. The van der Waals surface area contributed by atoms with E-state index >= 15 is 0 Å². The van der Waals surface area contributed by atoms with Gasteiger partial charge in [-0.3, -0.25) is 4.79 Å². The number of carbonyl (C=O) groups excluding carboxylic acids is 2. The number of alkyl halides is 3. The number of rotatable bonds is 5. The number of hydrogen-bond acceptors (Lipinski definition) is 3. The largest absolute Gasteiger partial charge is 0.452 e. The molecule has 0 unspecified atom stereocenters. The predicted octanol–water partition coefficient (Wildman–Crippen LogP) is 3.66. The first-order valence-electron chi connectivity index (χ1n) is 7.49. The summed E-state index contributed by atoms with van der Waals surface area (Å²) in [7, 11) is 1.44. The van der Waals surface area contributed by atoms with E-state index in [-0.39, 0.29) is 12.1 Å². The smallest absolute Gasteiger partial charge is 0.416 e. The van der Waals surface area contributed by atoms with Crippen LogP contribution in [0.4, 0.5) is 17.6 Å². The molecule has 4 nitrogen and oxygen atoms in total. The van der Waals surface area contributed by atoms with Crippen LogP contribution in [0.2, 0.25) is 0 Å². The molecule has 1 amide bonds. The average Bonchev–Trinajstić information content (AvgIpc) is 2.58. The monoisotopic (exact) mass is 369 g/mol. The molecule has 2 aromatic carbocycles. The highest BCUT2D eigenvalue weighted by Crippen LogP contribution is 2.29. The Morgan fingerprint density at radius 3 is 2.42 bits per heavy atom. The minimum Gasteiger partial charge on any atom is -0.452 e. The van der Waals surface area contributed by atoms with Crippen LogP contribution < -0.4 is 0 Å². The van der Waals surface area contributed by atoms with E-state index in [4.69, 9.17) is 4.74 Å². The van der Waals surface area contributed by atoms with Gasteiger partial charge in [0.05, 0.1) is 11.1 Å². The van der Waals surface area contributed by atoms with Gasteiger partial charge in [0.1, 0.15) is 5.82 Å². The number of hydrogen-bond donors (Lipinski definition) is 0. The highest BCUT2D eigenvalue weighted by Gasteiger charge is 2.31. The van der Waals surface area contributed by atoms with Crippen LogP contribution in [0.15, 0.2) is 48.5 Å². The van der Waals surface area contributed by atoms with E-state index in [1.165, 1.54) is 36.2 Å². The minimum atomic E-state index is -4.59.